The zero-order chi connectivity index (χ0) is 14.1. The van der Waals surface area contributed by atoms with E-state index in [-0.39, 0.29) is 0 Å². The van der Waals surface area contributed by atoms with Crippen molar-refractivity contribution in [1.29, 1.82) is 0 Å². The molecule has 0 N–H and O–H groups in total. The molecule has 0 aliphatic rings. The van der Waals surface area contributed by atoms with Crippen LogP contribution in [0.4, 0.5) is 13.2 Å². The topological polar surface area (TPSA) is 56.5 Å². The molecule has 0 atom stereocenters. The molecule has 0 saturated heterocycles. The van der Waals surface area contributed by atoms with E-state index in [4.69, 9.17) is 0 Å². The normalized spacial score (nSPS) is 11.7. The van der Waals surface area contributed by atoms with Gasteiger partial charge in [-0.05, 0) is 13.8 Å². The summed E-state index contributed by atoms with van der Waals surface area (Å²) in [6, 6.07) is 0.746. The zero-order valence-corrected chi connectivity index (χ0v) is 9.92. The summed E-state index contributed by atoms with van der Waals surface area (Å²) < 4.78 is 46.9. The highest BCUT2D eigenvalue weighted by Gasteiger charge is 2.41. The Hall–Kier alpha value is -1.79. The van der Waals surface area contributed by atoms with Gasteiger partial charge in [0, 0.05) is 13.0 Å². The second-order valence-corrected chi connectivity index (χ2v) is 3.86. The maximum absolute atomic E-state index is 12.6. The number of ketones is 1. The van der Waals surface area contributed by atoms with Crippen molar-refractivity contribution in [1.82, 2.24) is 0 Å². The Morgan fingerprint density at radius 3 is 2.28 bits per heavy atom. The fraction of sp³-hybridized carbons (Fsp3) is 0.455. The third-order valence-corrected chi connectivity index (χ3v) is 1.90. The number of carbonyl (C=O) groups excluding carboxylic acids is 2. The maximum atomic E-state index is 12.6. The van der Waals surface area contributed by atoms with E-state index in [9.17, 15) is 22.8 Å². The first-order valence-electron chi connectivity index (χ1n) is 5.06. The molecule has 0 aliphatic carbocycles. The molecule has 0 spiro atoms. The number of ether oxygens (including phenoxy) is 1. The Morgan fingerprint density at radius 2 is 1.89 bits per heavy atom. The Morgan fingerprint density at radius 1 is 1.33 bits per heavy atom. The molecule has 0 aliphatic heterocycles. The summed E-state index contributed by atoms with van der Waals surface area (Å²) in [7, 11) is 0. The molecular weight excluding hydrogens is 253 g/mol. The van der Waals surface area contributed by atoms with Crippen molar-refractivity contribution in [2.45, 2.75) is 33.1 Å². The van der Waals surface area contributed by atoms with E-state index in [0.29, 0.717) is 0 Å². The summed E-state index contributed by atoms with van der Waals surface area (Å²) >= 11 is 0. The van der Waals surface area contributed by atoms with E-state index in [1.54, 1.807) is 0 Å². The highest BCUT2D eigenvalue weighted by molar-refractivity contribution is 5.97. The lowest BCUT2D eigenvalue weighted by Gasteiger charge is -2.08. The highest BCUT2D eigenvalue weighted by Crippen LogP contribution is 2.34. The van der Waals surface area contributed by atoms with Gasteiger partial charge >= 0.3 is 12.1 Å². The Balaban J connectivity index is 3.24. The van der Waals surface area contributed by atoms with Crippen molar-refractivity contribution in [3.05, 3.63) is 23.2 Å². The Kier molecular flexibility index (Phi) is 3.83. The van der Waals surface area contributed by atoms with Gasteiger partial charge < -0.3 is 9.15 Å². The first-order valence-corrected chi connectivity index (χ1v) is 5.06. The number of hydrogen-bond donors (Lipinski definition) is 0. The Labute approximate surface area is 101 Å². The van der Waals surface area contributed by atoms with Crippen molar-refractivity contribution in [3.8, 4) is 0 Å². The van der Waals surface area contributed by atoms with Gasteiger partial charge in [-0.25, -0.2) is 4.79 Å². The fourth-order valence-electron chi connectivity index (χ4n) is 1.20. The summed E-state index contributed by atoms with van der Waals surface area (Å²) in [6.45, 7) is 4.03. The van der Waals surface area contributed by atoms with Crippen LogP contribution >= 0.6 is 0 Å². The van der Waals surface area contributed by atoms with E-state index in [0.717, 1.165) is 13.0 Å². The number of Topliss-reactive ketones (excluding diaryl/α,β-unsaturated/α-hetero) is 1. The van der Waals surface area contributed by atoms with E-state index >= 15 is 0 Å². The van der Waals surface area contributed by atoms with Crippen LogP contribution in [-0.2, 0) is 10.9 Å². The van der Waals surface area contributed by atoms with E-state index in [1.807, 2.05) is 0 Å². The van der Waals surface area contributed by atoms with Gasteiger partial charge in [-0.3, -0.25) is 4.79 Å². The summed E-state index contributed by atoms with van der Waals surface area (Å²) in [6.07, 6.45) is -5.44. The van der Waals surface area contributed by atoms with Crippen LogP contribution in [0.2, 0.25) is 0 Å². The lowest BCUT2D eigenvalue weighted by atomic mass is 10.2. The average molecular weight is 264 g/mol. The maximum Gasteiger partial charge on any atom is 0.450 e. The van der Waals surface area contributed by atoms with Crippen LogP contribution < -0.4 is 0 Å². The summed E-state index contributed by atoms with van der Waals surface area (Å²) in [5.74, 6) is -3.92. The number of carbonyl (C=O) groups is 2. The standard InChI is InChI=1S/C11H11F3O4/c1-5(2)17-10(16)7-4-8(6(3)15)18-9(7)11(12,13)14/h4-5H,1-3H3. The largest absolute Gasteiger partial charge is 0.459 e. The minimum atomic E-state index is -4.86. The molecule has 4 nitrogen and oxygen atoms in total. The molecule has 1 heterocycles. The van der Waals surface area contributed by atoms with Crippen LogP contribution in [0.5, 0.6) is 0 Å². The molecule has 0 unspecified atom stereocenters. The van der Waals surface area contributed by atoms with Crippen LogP contribution in [0, 0.1) is 0 Å². The third kappa shape index (κ3) is 3.12. The molecule has 0 fully saturated rings. The second-order valence-electron chi connectivity index (χ2n) is 3.86. The van der Waals surface area contributed by atoms with Crippen molar-refractivity contribution in [2.24, 2.45) is 0 Å². The third-order valence-electron chi connectivity index (χ3n) is 1.90. The molecule has 1 aromatic heterocycles. The molecular formula is C11H11F3O4. The predicted octanol–water partition coefficient (Wildman–Crippen LogP) is 3.07. The number of hydrogen-bond acceptors (Lipinski definition) is 4. The van der Waals surface area contributed by atoms with Crippen LogP contribution in [0.1, 0.15) is 47.4 Å². The van der Waals surface area contributed by atoms with E-state index < -0.39 is 41.1 Å². The van der Waals surface area contributed by atoms with Gasteiger partial charge in [0.05, 0.1) is 6.10 Å². The molecule has 18 heavy (non-hydrogen) atoms. The first-order chi connectivity index (χ1) is 8.12. The molecule has 100 valence electrons. The van der Waals surface area contributed by atoms with E-state index in [1.165, 1.54) is 13.8 Å². The van der Waals surface area contributed by atoms with Gasteiger partial charge in [0.25, 0.3) is 0 Å². The van der Waals surface area contributed by atoms with Gasteiger partial charge in [0.2, 0.25) is 5.76 Å². The summed E-state index contributed by atoms with van der Waals surface area (Å²) in [5.41, 5.74) is -0.790. The van der Waals surface area contributed by atoms with Gasteiger partial charge in [-0.2, -0.15) is 13.2 Å². The van der Waals surface area contributed by atoms with Crippen LogP contribution in [-0.4, -0.2) is 17.9 Å². The second kappa shape index (κ2) is 4.83. The highest BCUT2D eigenvalue weighted by atomic mass is 19.4. The predicted molar refractivity (Wildman–Crippen MR) is 54.3 cm³/mol. The molecule has 0 aromatic carbocycles. The molecule has 0 amide bonds. The lowest BCUT2D eigenvalue weighted by Crippen LogP contribution is -2.16. The van der Waals surface area contributed by atoms with Crippen molar-refractivity contribution >= 4 is 11.8 Å². The van der Waals surface area contributed by atoms with Gasteiger partial charge in [-0.1, -0.05) is 0 Å². The minimum Gasteiger partial charge on any atom is -0.459 e. The number of halogens is 3. The number of esters is 1. The van der Waals surface area contributed by atoms with Gasteiger partial charge in [0.1, 0.15) is 5.56 Å². The fourth-order valence-corrected chi connectivity index (χ4v) is 1.20. The SMILES string of the molecule is CC(=O)c1cc(C(=O)OC(C)C)c(C(F)(F)F)o1. The van der Waals surface area contributed by atoms with Crippen molar-refractivity contribution < 1.29 is 31.9 Å². The molecule has 1 aromatic rings. The molecule has 0 bridgehead atoms. The lowest BCUT2D eigenvalue weighted by molar-refractivity contribution is -0.153. The van der Waals surface area contributed by atoms with Crippen LogP contribution in [0.25, 0.3) is 0 Å². The first kappa shape index (κ1) is 14.3. The number of rotatable bonds is 3. The Bertz CT molecular complexity index is 471. The molecule has 1 rings (SSSR count). The number of furan rings is 1. The van der Waals surface area contributed by atoms with Crippen LogP contribution in [0.3, 0.4) is 0 Å². The quantitative estimate of drug-likeness (QED) is 0.622. The smallest absolute Gasteiger partial charge is 0.450 e. The molecule has 0 radical (unpaired) electrons. The van der Waals surface area contributed by atoms with Gasteiger partial charge in [-0.15, -0.1) is 0 Å². The van der Waals surface area contributed by atoms with E-state index in [2.05, 4.69) is 9.15 Å². The zero-order valence-electron chi connectivity index (χ0n) is 9.92. The number of alkyl halides is 3. The van der Waals surface area contributed by atoms with Crippen molar-refractivity contribution in [2.75, 3.05) is 0 Å². The summed E-state index contributed by atoms with van der Waals surface area (Å²) in [4.78, 5) is 22.4. The molecule has 0 saturated carbocycles. The minimum absolute atomic E-state index is 0.530. The van der Waals surface area contributed by atoms with Crippen LogP contribution in [0.15, 0.2) is 10.5 Å². The summed E-state index contributed by atoms with van der Waals surface area (Å²) in [5, 5.41) is 0. The molecule has 7 heteroatoms. The van der Waals surface area contributed by atoms with Gasteiger partial charge in [0.15, 0.2) is 11.5 Å². The monoisotopic (exact) mass is 264 g/mol. The van der Waals surface area contributed by atoms with Crippen molar-refractivity contribution in [3.63, 3.8) is 0 Å². The average Bonchev–Trinajstić information content (AvgIpc) is 2.59.